The Balaban J connectivity index is 1.48. The van der Waals surface area contributed by atoms with Gasteiger partial charge < -0.3 is 14.4 Å². The van der Waals surface area contributed by atoms with Gasteiger partial charge in [0.1, 0.15) is 12.4 Å². The van der Waals surface area contributed by atoms with E-state index in [9.17, 15) is 4.79 Å². The fourth-order valence-corrected chi connectivity index (χ4v) is 4.68. The smallest absolute Gasteiger partial charge is 0.286 e. The maximum atomic E-state index is 12.7. The number of rotatable bonds is 6. The van der Waals surface area contributed by atoms with Crippen molar-refractivity contribution in [2.75, 3.05) is 32.9 Å². The van der Waals surface area contributed by atoms with Crippen molar-refractivity contribution in [2.24, 2.45) is 4.99 Å². The van der Waals surface area contributed by atoms with Crippen LogP contribution in [0.25, 0.3) is 23.0 Å². The first-order valence-electron chi connectivity index (χ1n) is 11.1. The van der Waals surface area contributed by atoms with E-state index in [0.29, 0.717) is 24.7 Å². The van der Waals surface area contributed by atoms with Crippen molar-refractivity contribution in [1.82, 2.24) is 14.7 Å². The third kappa shape index (κ3) is 4.83. The summed E-state index contributed by atoms with van der Waals surface area (Å²) in [5, 5.41) is 5.59. The van der Waals surface area contributed by atoms with Gasteiger partial charge in [-0.25, -0.2) is 4.68 Å². The van der Waals surface area contributed by atoms with Crippen molar-refractivity contribution < 1.29 is 14.3 Å². The number of para-hydroxylation sites is 1. The summed E-state index contributed by atoms with van der Waals surface area (Å²) >= 11 is 1.41. The molecule has 0 atom stereocenters. The number of aliphatic imine (C=N–C) groups is 1. The molecule has 3 heterocycles. The van der Waals surface area contributed by atoms with E-state index in [1.807, 2.05) is 71.6 Å². The lowest BCUT2D eigenvalue weighted by Gasteiger charge is -2.27. The van der Waals surface area contributed by atoms with Crippen LogP contribution in [-0.4, -0.2) is 58.7 Å². The van der Waals surface area contributed by atoms with E-state index in [-0.39, 0.29) is 5.91 Å². The zero-order valence-electron chi connectivity index (χ0n) is 18.6. The van der Waals surface area contributed by atoms with Gasteiger partial charge in [0.2, 0.25) is 0 Å². The number of ether oxygens (including phenoxy) is 2. The minimum Gasteiger partial charge on any atom is -0.490 e. The number of carbonyl (C=O) groups excluding carboxylic acids is 1. The second kappa shape index (κ2) is 10.1. The molecule has 8 heteroatoms. The highest BCUT2D eigenvalue weighted by Crippen LogP contribution is 2.34. The highest BCUT2D eigenvalue weighted by atomic mass is 32.2. The van der Waals surface area contributed by atoms with Crippen molar-refractivity contribution in [1.29, 1.82) is 0 Å². The highest BCUT2D eigenvalue weighted by molar-refractivity contribution is 8.18. The number of benzene rings is 2. The Hall–Kier alpha value is -3.62. The monoisotopic (exact) mass is 472 g/mol. The average molecular weight is 473 g/mol. The summed E-state index contributed by atoms with van der Waals surface area (Å²) in [5.41, 5.74) is 3.49. The second-order valence-electron chi connectivity index (χ2n) is 7.75. The number of morpholine rings is 1. The third-order valence-electron chi connectivity index (χ3n) is 5.44. The van der Waals surface area contributed by atoms with Crippen molar-refractivity contribution >= 4 is 28.9 Å². The number of thioether (sulfide) groups is 1. The van der Waals surface area contributed by atoms with Gasteiger partial charge in [-0.3, -0.25) is 4.79 Å². The van der Waals surface area contributed by atoms with Crippen LogP contribution in [0.15, 0.2) is 83.3 Å². The molecule has 1 amide bonds. The number of hydrogen-bond donors (Lipinski definition) is 0. The molecule has 0 radical (unpaired) electrons. The molecule has 5 rings (SSSR count). The first kappa shape index (κ1) is 22.2. The van der Waals surface area contributed by atoms with Crippen LogP contribution in [-0.2, 0) is 9.53 Å². The largest absolute Gasteiger partial charge is 0.490 e. The lowest BCUT2D eigenvalue weighted by Crippen LogP contribution is -2.38. The first-order valence-corrected chi connectivity index (χ1v) is 11.9. The van der Waals surface area contributed by atoms with Gasteiger partial charge in [-0.05, 0) is 54.2 Å². The maximum absolute atomic E-state index is 12.7. The van der Waals surface area contributed by atoms with Crippen molar-refractivity contribution in [2.45, 2.75) is 0 Å². The Morgan fingerprint density at radius 2 is 1.85 bits per heavy atom. The van der Waals surface area contributed by atoms with Crippen molar-refractivity contribution in [3.63, 3.8) is 0 Å². The molecule has 1 aromatic heterocycles. The van der Waals surface area contributed by atoms with Crippen LogP contribution in [0.3, 0.4) is 0 Å². The fraction of sp³-hybridized carbons (Fsp3) is 0.192. The average Bonchev–Trinajstić information content (AvgIpc) is 3.48. The quantitative estimate of drug-likeness (QED) is 0.391. The summed E-state index contributed by atoms with van der Waals surface area (Å²) < 4.78 is 12.9. The van der Waals surface area contributed by atoms with Gasteiger partial charge >= 0.3 is 0 Å². The fourth-order valence-electron chi connectivity index (χ4n) is 3.72. The van der Waals surface area contributed by atoms with E-state index in [0.717, 1.165) is 46.5 Å². The van der Waals surface area contributed by atoms with E-state index in [4.69, 9.17) is 14.6 Å². The Kier molecular flexibility index (Phi) is 6.60. The van der Waals surface area contributed by atoms with Gasteiger partial charge in [0.25, 0.3) is 5.91 Å². The molecule has 0 spiro atoms. The number of nitrogens with zero attached hydrogens (tertiary/aromatic N) is 4. The molecule has 1 fully saturated rings. The topological polar surface area (TPSA) is 68.9 Å². The predicted molar refractivity (Wildman–Crippen MR) is 135 cm³/mol. The van der Waals surface area contributed by atoms with Gasteiger partial charge in [0, 0.05) is 30.4 Å². The number of amides is 1. The summed E-state index contributed by atoms with van der Waals surface area (Å²) in [5.74, 6) is 0.536. The summed E-state index contributed by atoms with van der Waals surface area (Å²) in [7, 11) is 0. The number of amidine groups is 1. The van der Waals surface area contributed by atoms with Crippen LogP contribution < -0.4 is 4.74 Å². The minimum absolute atomic E-state index is 0.224. The van der Waals surface area contributed by atoms with Crippen LogP contribution in [0, 0.1) is 0 Å². The van der Waals surface area contributed by atoms with Crippen LogP contribution in [0.5, 0.6) is 5.75 Å². The standard InChI is InChI=1S/C26H24N4O3S/c1-2-14-33-22-10-8-19(9-11-22)24-20(18-30(28-24)21-6-4-3-5-7-21)17-23-25(31)27-26(34-23)29-12-15-32-16-13-29/h2-11,17-18H,1,12-16H2. The SMILES string of the molecule is C=CCOc1ccc(-c2nn(-c3ccccc3)cc2C=C2SC(N3CCOCC3)=NC2=O)cc1. The van der Waals surface area contributed by atoms with Gasteiger partial charge in [-0.2, -0.15) is 10.1 Å². The molecular formula is C26H24N4O3S. The van der Waals surface area contributed by atoms with E-state index >= 15 is 0 Å². The molecule has 34 heavy (non-hydrogen) atoms. The Morgan fingerprint density at radius 3 is 2.59 bits per heavy atom. The number of carbonyl (C=O) groups is 1. The summed E-state index contributed by atoms with van der Waals surface area (Å²) in [6.07, 6.45) is 5.54. The van der Waals surface area contributed by atoms with Gasteiger partial charge in [-0.15, -0.1) is 0 Å². The number of hydrogen-bond acceptors (Lipinski definition) is 6. The predicted octanol–water partition coefficient (Wildman–Crippen LogP) is 4.41. The third-order valence-corrected chi connectivity index (χ3v) is 6.48. The molecule has 172 valence electrons. The summed E-state index contributed by atoms with van der Waals surface area (Å²) in [6, 6.07) is 17.7. The molecule has 0 unspecified atom stereocenters. The maximum Gasteiger partial charge on any atom is 0.286 e. The second-order valence-corrected chi connectivity index (χ2v) is 8.76. The van der Waals surface area contributed by atoms with Crippen molar-refractivity contribution in [3.05, 3.63) is 83.9 Å². The van der Waals surface area contributed by atoms with Gasteiger partial charge in [0.05, 0.1) is 29.5 Å². The molecule has 0 aliphatic carbocycles. The molecule has 0 saturated carbocycles. The van der Waals surface area contributed by atoms with Crippen LogP contribution in [0.2, 0.25) is 0 Å². The van der Waals surface area contributed by atoms with Gasteiger partial charge in [-0.1, -0.05) is 30.9 Å². The minimum atomic E-state index is -0.224. The first-order chi connectivity index (χ1) is 16.7. The lowest BCUT2D eigenvalue weighted by atomic mass is 10.1. The Morgan fingerprint density at radius 1 is 1.09 bits per heavy atom. The lowest BCUT2D eigenvalue weighted by molar-refractivity contribution is -0.113. The molecule has 7 nitrogen and oxygen atoms in total. The zero-order chi connectivity index (χ0) is 23.3. The molecular weight excluding hydrogens is 448 g/mol. The van der Waals surface area contributed by atoms with Crippen LogP contribution in [0.4, 0.5) is 0 Å². The zero-order valence-corrected chi connectivity index (χ0v) is 19.4. The van der Waals surface area contributed by atoms with E-state index in [2.05, 4.69) is 16.5 Å². The summed E-state index contributed by atoms with van der Waals surface area (Å²) in [4.78, 5) is 19.7. The Labute approximate surface area is 202 Å². The molecule has 0 bridgehead atoms. The Bertz CT molecular complexity index is 1240. The van der Waals surface area contributed by atoms with Gasteiger partial charge in [0.15, 0.2) is 5.17 Å². The van der Waals surface area contributed by atoms with Crippen molar-refractivity contribution in [3.8, 4) is 22.7 Å². The molecule has 0 N–H and O–H groups in total. The normalized spacial score (nSPS) is 17.2. The van der Waals surface area contributed by atoms with E-state index in [1.165, 1.54) is 11.8 Å². The van der Waals surface area contributed by atoms with E-state index in [1.54, 1.807) is 6.08 Å². The highest BCUT2D eigenvalue weighted by Gasteiger charge is 2.27. The molecule has 2 aliphatic heterocycles. The molecule has 2 aliphatic rings. The van der Waals surface area contributed by atoms with Crippen LogP contribution >= 0.6 is 11.8 Å². The molecule has 3 aromatic rings. The summed E-state index contributed by atoms with van der Waals surface area (Å²) in [6.45, 7) is 6.90. The number of aromatic nitrogens is 2. The van der Waals surface area contributed by atoms with Crippen LogP contribution in [0.1, 0.15) is 5.56 Å². The van der Waals surface area contributed by atoms with E-state index < -0.39 is 0 Å². The molecule has 2 aromatic carbocycles. The molecule has 1 saturated heterocycles.